The summed E-state index contributed by atoms with van der Waals surface area (Å²) in [6, 6.07) is 11.4. The number of thiophene rings is 1. The molecule has 258 valence electrons. The van der Waals surface area contributed by atoms with E-state index in [2.05, 4.69) is 10.2 Å². The molecule has 12 heteroatoms. The highest BCUT2D eigenvalue weighted by Crippen LogP contribution is 2.35. The van der Waals surface area contributed by atoms with Crippen LogP contribution in [-0.4, -0.2) is 89.8 Å². The molecule has 3 atom stereocenters. The van der Waals surface area contributed by atoms with Crippen molar-refractivity contribution in [3.63, 3.8) is 0 Å². The fourth-order valence-corrected chi connectivity index (χ4v) is 8.92. The molecule has 3 aromatic rings. The van der Waals surface area contributed by atoms with E-state index in [-0.39, 0.29) is 42.3 Å². The smallest absolute Gasteiger partial charge is 0.306 e. The van der Waals surface area contributed by atoms with E-state index in [0.717, 1.165) is 35.9 Å². The van der Waals surface area contributed by atoms with Crippen LogP contribution in [0, 0.1) is 5.92 Å². The molecule has 3 heterocycles. The molecule has 2 aliphatic heterocycles. The number of likely N-dealkylation sites (tertiary alicyclic amines) is 2. The average Bonchev–Trinajstić information content (AvgIpc) is 3.83. The monoisotopic (exact) mass is 715 g/mol. The van der Waals surface area contributed by atoms with Gasteiger partial charge in [-0.25, -0.2) is 0 Å². The van der Waals surface area contributed by atoms with E-state index in [1.54, 1.807) is 12.1 Å². The van der Waals surface area contributed by atoms with Crippen molar-refractivity contribution in [3.8, 4) is 0 Å². The largest absolute Gasteiger partial charge is 0.481 e. The summed E-state index contributed by atoms with van der Waals surface area (Å²) in [4.78, 5) is 43.0. The Morgan fingerprint density at radius 3 is 2.58 bits per heavy atom. The first-order chi connectivity index (χ1) is 23.2. The summed E-state index contributed by atoms with van der Waals surface area (Å²) < 4.78 is 13.2. The number of anilines is 1. The lowest BCUT2D eigenvalue weighted by Crippen LogP contribution is -2.44. The fourth-order valence-electron chi connectivity index (χ4n) is 7.52. The zero-order valence-electron chi connectivity index (χ0n) is 27.2. The van der Waals surface area contributed by atoms with Gasteiger partial charge in [-0.05, 0) is 82.2 Å². The number of benzene rings is 2. The van der Waals surface area contributed by atoms with Crippen molar-refractivity contribution in [2.45, 2.75) is 82.5 Å². The van der Waals surface area contributed by atoms with Crippen molar-refractivity contribution in [1.82, 2.24) is 9.80 Å². The zero-order valence-corrected chi connectivity index (χ0v) is 29.5. The van der Waals surface area contributed by atoms with Gasteiger partial charge in [-0.1, -0.05) is 41.4 Å². The number of carboxylic acid groups (broad SMARTS) is 1. The Balaban J connectivity index is 1.14. The highest BCUT2D eigenvalue weighted by atomic mass is 35.5. The molecule has 1 saturated carbocycles. The summed E-state index contributed by atoms with van der Waals surface area (Å²) in [6.07, 6.45) is 5.70. The molecule has 0 bridgehead atoms. The van der Waals surface area contributed by atoms with Crippen molar-refractivity contribution in [2.24, 2.45) is 5.92 Å². The van der Waals surface area contributed by atoms with E-state index in [0.29, 0.717) is 85.0 Å². The first-order valence-electron chi connectivity index (χ1n) is 16.9. The Kier molecular flexibility index (Phi) is 11.6. The maximum atomic E-state index is 14.0. The zero-order chi connectivity index (χ0) is 33.8. The lowest BCUT2D eigenvalue weighted by atomic mass is 9.87. The van der Waals surface area contributed by atoms with Crippen molar-refractivity contribution >= 4 is 68.1 Å². The number of hydrogen-bond donors (Lipinski definition) is 2. The molecule has 0 spiro atoms. The summed E-state index contributed by atoms with van der Waals surface area (Å²) in [5.74, 6) is -1.37. The molecule has 3 aliphatic rings. The third kappa shape index (κ3) is 8.01. The number of carboxylic acids is 1. The number of hydrogen-bond acceptors (Lipinski definition) is 7. The molecular weight excluding hydrogens is 673 g/mol. The fraction of sp³-hybridized carbons (Fsp3) is 0.528. The standard InChI is InChI=1S/C36H43Cl2N3O6S/c1-2-46-19-24-6-5-13-40(24)25-16-26(20-47-27-11-9-22(10-12-27)36(44)45)41(18-25)34(42)15-23-14-31(38)32(17-30(23)37)39-35(43)29-21-48-33-8-4-3-7-28(29)33/h3-4,7-8,14,17,21-22,24-27H,2,5-6,9-13,15-16,18-20H2,1H3,(H,39,43)(H,44,45)/t22?,24-,25-,26-,27?/m0/s1. The minimum absolute atomic E-state index is 0.00262. The number of carbonyl (C=O) groups is 3. The molecular formula is C36H43Cl2N3O6S. The van der Waals surface area contributed by atoms with Crippen LogP contribution in [0.5, 0.6) is 0 Å². The maximum absolute atomic E-state index is 14.0. The molecule has 48 heavy (non-hydrogen) atoms. The number of amides is 2. The highest BCUT2D eigenvalue weighted by molar-refractivity contribution is 7.17. The van der Waals surface area contributed by atoms with E-state index in [4.69, 9.17) is 32.7 Å². The lowest BCUT2D eigenvalue weighted by Gasteiger charge is -2.30. The molecule has 9 nitrogen and oxygen atoms in total. The Morgan fingerprint density at radius 1 is 1.02 bits per heavy atom. The van der Waals surface area contributed by atoms with Crippen molar-refractivity contribution < 1.29 is 29.0 Å². The van der Waals surface area contributed by atoms with E-state index < -0.39 is 5.97 Å². The van der Waals surface area contributed by atoms with Crippen LogP contribution in [-0.2, 0) is 25.5 Å². The minimum atomic E-state index is -0.735. The number of rotatable bonds is 12. The highest BCUT2D eigenvalue weighted by Gasteiger charge is 2.42. The molecule has 1 aliphatic carbocycles. The summed E-state index contributed by atoms with van der Waals surface area (Å²) in [7, 11) is 0. The number of nitrogens with one attached hydrogen (secondary N) is 1. The van der Waals surface area contributed by atoms with Crippen molar-refractivity contribution in [1.29, 1.82) is 0 Å². The van der Waals surface area contributed by atoms with E-state index in [1.807, 2.05) is 41.5 Å². The third-order valence-electron chi connectivity index (χ3n) is 10.1. The van der Waals surface area contributed by atoms with Gasteiger partial charge in [-0.2, -0.15) is 0 Å². The van der Waals surface area contributed by atoms with Gasteiger partial charge in [-0.3, -0.25) is 19.3 Å². The van der Waals surface area contributed by atoms with Gasteiger partial charge in [-0.15, -0.1) is 11.3 Å². The van der Waals surface area contributed by atoms with Crippen LogP contribution in [0.3, 0.4) is 0 Å². The molecule has 6 rings (SSSR count). The summed E-state index contributed by atoms with van der Waals surface area (Å²) >= 11 is 14.9. The Hall–Kier alpha value is -2.73. The molecule has 2 saturated heterocycles. The van der Waals surface area contributed by atoms with Crippen LogP contribution in [0.25, 0.3) is 10.1 Å². The Morgan fingerprint density at radius 2 is 1.81 bits per heavy atom. The van der Waals surface area contributed by atoms with E-state index >= 15 is 0 Å². The molecule has 3 fully saturated rings. The summed E-state index contributed by atoms with van der Waals surface area (Å²) in [5.41, 5.74) is 1.55. The van der Waals surface area contributed by atoms with Gasteiger partial charge in [0.05, 0.1) is 54.0 Å². The van der Waals surface area contributed by atoms with Gasteiger partial charge in [0.2, 0.25) is 5.91 Å². The lowest BCUT2D eigenvalue weighted by molar-refractivity contribution is -0.144. The molecule has 2 amide bonds. The second-order valence-corrected chi connectivity index (χ2v) is 14.9. The first kappa shape index (κ1) is 35.1. The van der Waals surface area contributed by atoms with E-state index in [1.165, 1.54) is 11.3 Å². The van der Waals surface area contributed by atoms with Crippen LogP contribution in [0.2, 0.25) is 10.0 Å². The van der Waals surface area contributed by atoms with Crippen LogP contribution in [0.4, 0.5) is 5.69 Å². The van der Waals surface area contributed by atoms with Crippen LogP contribution >= 0.6 is 34.5 Å². The predicted molar refractivity (Wildman–Crippen MR) is 189 cm³/mol. The van der Waals surface area contributed by atoms with Crippen LogP contribution in [0.15, 0.2) is 41.8 Å². The topological polar surface area (TPSA) is 108 Å². The van der Waals surface area contributed by atoms with Crippen LogP contribution in [0.1, 0.15) is 67.8 Å². The predicted octanol–water partition coefficient (Wildman–Crippen LogP) is 7.13. The van der Waals surface area contributed by atoms with Gasteiger partial charge < -0.3 is 24.8 Å². The maximum Gasteiger partial charge on any atom is 0.306 e. The number of aliphatic carboxylic acids is 1. The van der Waals surface area contributed by atoms with Gasteiger partial charge in [0.1, 0.15) is 0 Å². The van der Waals surface area contributed by atoms with Gasteiger partial charge in [0.15, 0.2) is 0 Å². The molecule has 0 radical (unpaired) electrons. The molecule has 0 unspecified atom stereocenters. The third-order valence-corrected chi connectivity index (χ3v) is 11.7. The van der Waals surface area contributed by atoms with Gasteiger partial charge in [0, 0.05) is 45.7 Å². The normalized spacial score (nSPS) is 24.7. The SMILES string of the molecule is CCOC[C@@H]1CCCN1[C@H]1C[C@@H](COC2CCC(C(=O)O)CC2)N(C(=O)Cc2cc(Cl)c(NC(=O)c3csc4ccccc34)cc2Cl)C1. The summed E-state index contributed by atoms with van der Waals surface area (Å²) in [5, 5.41) is 15.6. The van der Waals surface area contributed by atoms with E-state index in [9.17, 15) is 19.5 Å². The second-order valence-electron chi connectivity index (χ2n) is 13.1. The number of halogens is 2. The Bertz CT molecular complexity index is 1630. The molecule has 1 aromatic heterocycles. The average molecular weight is 717 g/mol. The number of ether oxygens (including phenoxy) is 2. The van der Waals surface area contributed by atoms with Crippen molar-refractivity contribution in [2.75, 3.05) is 38.2 Å². The number of fused-ring (bicyclic) bond motifs is 1. The van der Waals surface area contributed by atoms with Crippen LogP contribution < -0.4 is 5.32 Å². The minimum Gasteiger partial charge on any atom is -0.481 e. The van der Waals surface area contributed by atoms with Gasteiger partial charge >= 0.3 is 5.97 Å². The van der Waals surface area contributed by atoms with Gasteiger partial charge in [0.25, 0.3) is 5.91 Å². The Labute approximate surface area is 295 Å². The first-order valence-corrected chi connectivity index (χ1v) is 18.6. The second kappa shape index (κ2) is 15.9. The number of carbonyl (C=O) groups excluding carboxylic acids is 2. The number of nitrogens with zero attached hydrogens (tertiary/aromatic N) is 2. The quantitative estimate of drug-likeness (QED) is 0.205. The van der Waals surface area contributed by atoms with Crippen molar-refractivity contribution in [3.05, 3.63) is 63.0 Å². The summed E-state index contributed by atoms with van der Waals surface area (Å²) in [6.45, 7) is 5.36. The molecule has 2 aromatic carbocycles. The molecule has 2 N–H and O–H groups in total.